The lowest BCUT2D eigenvalue weighted by molar-refractivity contribution is 0.0529. The van der Waals surface area contributed by atoms with Crippen LogP contribution < -0.4 is 4.90 Å². The maximum absolute atomic E-state index is 5.77. The number of hydrogen-bond acceptors (Lipinski definition) is 4. The monoisotopic (exact) mass is 291 g/mol. The minimum atomic E-state index is 0.222. The molecule has 15 heavy (non-hydrogen) atoms. The molecule has 0 aliphatic carbocycles. The number of anilines is 1. The Labute approximate surface area is 102 Å². The minimum absolute atomic E-state index is 0.222. The van der Waals surface area contributed by atoms with Gasteiger partial charge < -0.3 is 9.64 Å². The van der Waals surface area contributed by atoms with Crippen molar-refractivity contribution in [2.75, 3.05) is 24.6 Å². The largest absolute Gasteiger partial charge is 0.375 e. The van der Waals surface area contributed by atoms with Crippen molar-refractivity contribution in [3.63, 3.8) is 0 Å². The van der Waals surface area contributed by atoms with Gasteiger partial charge in [-0.25, -0.2) is 4.98 Å². The number of halogens is 2. The van der Waals surface area contributed by atoms with Crippen molar-refractivity contribution in [1.82, 2.24) is 9.97 Å². The fourth-order valence-electron chi connectivity index (χ4n) is 1.57. The average Bonchev–Trinajstić information content (AvgIpc) is 2.22. The Kier molecular flexibility index (Phi) is 3.43. The summed E-state index contributed by atoms with van der Waals surface area (Å²) in [5, 5.41) is 0.271. The van der Waals surface area contributed by atoms with E-state index in [2.05, 4.69) is 30.8 Å². The molecule has 0 aromatic carbocycles. The molecule has 2 rings (SSSR count). The first-order valence-corrected chi connectivity index (χ1v) is 5.88. The van der Waals surface area contributed by atoms with Crippen molar-refractivity contribution >= 4 is 33.3 Å². The van der Waals surface area contributed by atoms with E-state index < -0.39 is 0 Å². The molecule has 4 nitrogen and oxygen atoms in total. The van der Waals surface area contributed by atoms with Crippen molar-refractivity contribution in [3.05, 3.63) is 16.0 Å². The van der Waals surface area contributed by atoms with E-state index in [1.54, 1.807) is 6.20 Å². The molecular formula is C9H11BrClN3O. The van der Waals surface area contributed by atoms with Gasteiger partial charge in [-0.05, 0) is 34.5 Å². The third-order valence-corrected chi connectivity index (χ3v) is 2.98. The number of ether oxygens (including phenoxy) is 1. The highest BCUT2D eigenvalue weighted by Gasteiger charge is 2.20. The molecule has 1 aliphatic rings. The first kappa shape index (κ1) is 11.1. The van der Waals surface area contributed by atoms with Crippen LogP contribution in [0.3, 0.4) is 0 Å². The van der Waals surface area contributed by atoms with E-state index in [0.29, 0.717) is 0 Å². The molecule has 1 aromatic heterocycles. The number of hydrogen-bond donors (Lipinski definition) is 0. The lowest BCUT2D eigenvalue weighted by Crippen LogP contribution is -2.41. The highest BCUT2D eigenvalue weighted by molar-refractivity contribution is 9.10. The normalized spacial score (nSPS) is 21.8. The van der Waals surface area contributed by atoms with E-state index in [-0.39, 0.29) is 11.4 Å². The molecule has 2 heterocycles. The highest BCUT2D eigenvalue weighted by Crippen LogP contribution is 2.25. The molecule has 0 bridgehead atoms. The highest BCUT2D eigenvalue weighted by atomic mass is 79.9. The molecule has 0 saturated carbocycles. The summed E-state index contributed by atoms with van der Waals surface area (Å²) in [7, 11) is 0. The summed E-state index contributed by atoms with van der Waals surface area (Å²) in [5.74, 6) is 0.838. The predicted octanol–water partition coefficient (Wildman–Crippen LogP) is 2.12. The summed E-state index contributed by atoms with van der Waals surface area (Å²) >= 11 is 9.19. The van der Waals surface area contributed by atoms with Crippen LogP contribution in [0.15, 0.2) is 10.7 Å². The van der Waals surface area contributed by atoms with Gasteiger partial charge in [-0.15, -0.1) is 0 Å². The molecule has 0 radical (unpaired) electrons. The second kappa shape index (κ2) is 4.63. The lowest BCUT2D eigenvalue weighted by atomic mass is 10.3. The summed E-state index contributed by atoms with van der Waals surface area (Å²) in [5.41, 5.74) is 0. The summed E-state index contributed by atoms with van der Waals surface area (Å²) < 4.78 is 6.33. The van der Waals surface area contributed by atoms with E-state index in [9.17, 15) is 0 Å². The van der Waals surface area contributed by atoms with Crippen LogP contribution in [0.5, 0.6) is 0 Å². The molecule has 6 heteroatoms. The van der Waals surface area contributed by atoms with Gasteiger partial charge in [-0.1, -0.05) is 0 Å². The van der Waals surface area contributed by atoms with Crippen LogP contribution in [0, 0.1) is 0 Å². The quantitative estimate of drug-likeness (QED) is 0.743. The molecule has 0 N–H and O–H groups in total. The number of aromatic nitrogens is 2. The van der Waals surface area contributed by atoms with Crippen LogP contribution in [0.2, 0.25) is 5.28 Å². The van der Waals surface area contributed by atoms with Gasteiger partial charge in [0.15, 0.2) is 0 Å². The molecule has 1 fully saturated rings. The molecule has 82 valence electrons. The Hall–Kier alpha value is -0.390. The Morgan fingerprint density at radius 1 is 1.67 bits per heavy atom. The maximum atomic E-state index is 5.77. The van der Waals surface area contributed by atoms with Gasteiger partial charge in [-0.2, -0.15) is 4.98 Å². The van der Waals surface area contributed by atoms with Gasteiger partial charge in [0.05, 0.1) is 17.2 Å². The van der Waals surface area contributed by atoms with Crippen LogP contribution in [0.4, 0.5) is 5.82 Å². The van der Waals surface area contributed by atoms with E-state index in [1.165, 1.54) is 0 Å². The summed E-state index contributed by atoms with van der Waals surface area (Å²) in [6.45, 7) is 4.42. The van der Waals surface area contributed by atoms with Gasteiger partial charge in [0.2, 0.25) is 5.28 Å². The van der Waals surface area contributed by atoms with Crippen LogP contribution in [0.25, 0.3) is 0 Å². The third kappa shape index (κ3) is 2.59. The first-order chi connectivity index (χ1) is 7.16. The number of morpholine rings is 1. The molecular weight excluding hydrogens is 281 g/mol. The van der Waals surface area contributed by atoms with E-state index in [0.717, 1.165) is 30.0 Å². The third-order valence-electron chi connectivity index (χ3n) is 2.24. The molecule has 1 atom stereocenters. The zero-order valence-electron chi connectivity index (χ0n) is 8.28. The van der Waals surface area contributed by atoms with Crippen molar-refractivity contribution < 1.29 is 4.74 Å². The van der Waals surface area contributed by atoms with E-state index in [4.69, 9.17) is 16.3 Å². The van der Waals surface area contributed by atoms with Crippen LogP contribution in [-0.2, 0) is 4.74 Å². The van der Waals surface area contributed by atoms with Crippen molar-refractivity contribution in [2.24, 2.45) is 0 Å². The van der Waals surface area contributed by atoms with Crippen LogP contribution in [0.1, 0.15) is 6.92 Å². The van der Waals surface area contributed by atoms with Crippen molar-refractivity contribution in [2.45, 2.75) is 13.0 Å². The summed E-state index contributed by atoms with van der Waals surface area (Å²) in [6, 6.07) is 0. The van der Waals surface area contributed by atoms with Crippen molar-refractivity contribution in [1.29, 1.82) is 0 Å². The van der Waals surface area contributed by atoms with Gasteiger partial charge in [0, 0.05) is 19.3 Å². The SMILES string of the molecule is CC1CN(c2nc(Cl)ncc2Br)CCO1. The Morgan fingerprint density at radius 2 is 2.47 bits per heavy atom. The topological polar surface area (TPSA) is 38.2 Å². The summed E-state index contributed by atoms with van der Waals surface area (Å²) in [6.07, 6.45) is 1.89. The number of nitrogens with zero attached hydrogens (tertiary/aromatic N) is 3. The van der Waals surface area contributed by atoms with E-state index in [1.807, 2.05) is 6.92 Å². The average molecular weight is 293 g/mol. The van der Waals surface area contributed by atoms with Crippen LogP contribution >= 0.6 is 27.5 Å². The Bertz CT molecular complexity index is 363. The van der Waals surface area contributed by atoms with E-state index >= 15 is 0 Å². The predicted molar refractivity (Wildman–Crippen MR) is 62.4 cm³/mol. The lowest BCUT2D eigenvalue weighted by Gasteiger charge is -2.32. The standard InChI is InChI=1S/C9H11BrClN3O/c1-6-5-14(2-3-15-6)8-7(10)4-12-9(11)13-8/h4,6H,2-3,5H2,1H3. The fraction of sp³-hybridized carbons (Fsp3) is 0.556. The first-order valence-electron chi connectivity index (χ1n) is 4.71. The second-order valence-electron chi connectivity index (χ2n) is 3.44. The van der Waals surface area contributed by atoms with Gasteiger partial charge in [0.1, 0.15) is 5.82 Å². The molecule has 1 saturated heterocycles. The van der Waals surface area contributed by atoms with Gasteiger partial charge >= 0.3 is 0 Å². The molecule has 1 aliphatic heterocycles. The van der Waals surface area contributed by atoms with Gasteiger partial charge in [0.25, 0.3) is 0 Å². The van der Waals surface area contributed by atoms with Crippen LogP contribution in [-0.4, -0.2) is 35.8 Å². The molecule has 1 unspecified atom stereocenters. The zero-order valence-corrected chi connectivity index (χ0v) is 10.6. The fourth-order valence-corrected chi connectivity index (χ4v) is 2.14. The smallest absolute Gasteiger partial charge is 0.224 e. The Morgan fingerprint density at radius 3 is 3.20 bits per heavy atom. The Balaban J connectivity index is 2.24. The molecule has 1 aromatic rings. The molecule has 0 spiro atoms. The summed E-state index contributed by atoms with van der Waals surface area (Å²) in [4.78, 5) is 10.3. The zero-order chi connectivity index (χ0) is 10.8. The molecule has 0 amide bonds. The maximum Gasteiger partial charge on any atom is 0.224 e. The second-order valence-corrected chi connectivity index (χ2v) is 4.63. The minimum Gasteiger partial charge on any atom is -0.375 e. The van der Waals surface area contributed by atoms with Crippen molar-refractivity contribution in [3.8, 4) is 0 Å². The van der Waals surface area contributed by atoms with Gasteiger partial charge in [-0.3, -0.25) is 0 Å². The number of rotatable bonds is 1.